The molecule has 0 radical (unpaired) electrons. The van der Waals surface area contributed by atoms with E-state index in [4.69, 9.17) is 4.42 Å². The zero-order chi connectivity index (χ0) is 11.8. The second-order valence-electron chi connectivity index (χ2n) is 4.13. The summed E-state index contributed by atoms with van der Waals surface area (Å²) in [6.45, 7) is 5.27. The van der Waals surface area contributed by atoms with Crippen LogP contribution in [0.1, 0.15) is 57.2 Å². The number of likely N-dealkylation sites (N-methyl/N-ethyl adjacent to an activating group) is 1. The van der Waals surface area contributed by atoms with Gasteiger partial charge in [-0.1, -0.05) is 26.7 Å². The number of aromatic nitrogens is 2. The van der Waals surface area contributed by atoms with Crippen molar-refractivity contribution in [1.29, 1.82) is 0 Å². The molecular weight excluding hydrogens is 202 g/mol. The highest BCUT2D eigenvalue weighted by Crippen LogP contribution is 2.24. The zero-order valence-corrected chi connectivity index (χ0v) is 10.6. The quantitative estimate of drug-likeness (QED) is 0.738. The van der Waals surface area contributed by atoms with Gasteiger partial charge in [0.1, 0.15) is 0 Å². The van der Waals surface area contributed by atoms with E-state index in [9.17, 15) is 0 Å². The van der Waals surface area contributed by atoms with Gasteiger partial charge in [0.05, 0.1) is 0 Å². The smallest absolute Gasteiger partial charge is 0.219 e. The van der Waals surface area contributed by atoms with Gasteiger partial charge < -0.3 is 9.73 Å². The second kappa shape index (κ2) is 7.39. The van der Waals surface area contributed by atoms with E-state index in [2.05, 4.69) is 29.4 Å². The fourth-order valence-corrected chi connectivity index (χ4v) is 1.72. The molecule has 0 saturated carbocycles. The molecule has 0 aliphatic carbocycles. The van der Waals surface area contributed by atoms with Crippen LogP contribution in [-0.2, 0) is 6.42 Å². The molecule has 0 fully saturated rings. The van der Waals surface area contributed by atoms with Gasteiger partial charge in [0.25, 0.3) is 0 Å². The summed E-state index contributed by atoms with van der Waals surface area (Å²) < 4.78 is 5.67. The SMILES string of the molecule is CCCCC(CC)c1nnc(CCNC)o1. The summed E-state index contributed by atoms with van der Waals surface area (Å²) in [5.41, 5.74) is 0. The number of hydrogen-bond acceptors (Lipinski definition) is 4. The summed E-state index contributed by atoms with van der Waals surface area (Å²) in [5.74, 6) is 2.01. The Morgan fingerprint density at radius 2 is 2.12 bits per heavy atom. The predicted octanol–water partition coefficient (Wildman–Crippen LogP) is 2.52. The number of rotatable bonds is 8. The maximum atomic E-state index is 5.67. The van der Waals surface area contributed by atoms with Crippen LogP contribution in [0, 0.1) is 0 Å². The Hall–Kier alpha value is -0.900. The summed E-state index contributed by atoms with van der Waals surface area (Å²) in [5, 5.41) is 11.3. The lowest BCUT2D eigenvalue weighted by atomic mass is 10.00. The Balaban J connectivity index is 2.52. The molecule has 0 spiro atoms. The molecule has 0 aliphatic heterocycles. The van der Waals surface area contributed by atoms with Crippen molar-refractivity contribution in [2.24, 2.45) is 0 Å². The number of hydrogen-bond donors (Lipinski definition) is 1. The average molecular weight is 225 g/mol. The van der Waals surface area contributed by atoms with E-state index in [0.717, 1.165) is 37.6 Å². The molecule has 92 valence electrons. The van der Waals surface area contributed by atoms with Crippen LogP contribution >= 0.6 is 0 Å². The molecule has 0 amide bonds. The largest absolute Gasteiger partial charge is 0.425 e. The van der Waals surface area contributed by atoms with Gasteiger partial charge in [-0.15, -0.1) is 10.2 Å². The van der Waals surface area contributed by atoms with Crippen LogP contribution in [0.3, 0.4) is 0 Å². The fraction of sp³-hybridized carbons (Fsp3) is 0.833. The molecule has 0 bridgehead atoms. The Morgan fingerprint density at radius 1 is 1.31 bits per heavy atom. The minimum atomic E-state index is 0.441. The van der Waals surface area contributed by atoms with E-state index in [1.54, 1.807) is 0 Å². The van der Waals surface area contributed by atoms with Gasteiger partial charge in [0.2, 0.25) is 11.8 Å². The van der Waals surface area contributed by atoms with Gasteiger partial charge in [-0.25, -0.2) is 0 Å². The fourth-order valence-electron chi connectivity index (χ4n) is 1.72. The molecule has 1 unspecified atom stereocenters. The van der Waals surface area contributed by atoms with Crippen molar-refractivity contribution in [2.45, 2.75) is 51.9 Å². The Labute approximate surface area is 97.8 Å². The van der Waals surface area contributed by atoms with E-state index < -0.39 is 0 Å². The van der Waals surface area contributed by atoms with Crippen LogP contribution < -0.4 is 5.32 Å². The lowest BCUT2D eigenvalue weighted by Crippen LogP contribution is -2.10. The van der Waals surface area contributed by atoms with Crippen molar-refractivity contribution >= 4 is 0 Å². The van der Waals surface area contributed by atoms with Gasteiger partial charge in [0, 0.05) is 18.9 Å². The molecule has 1 atom stereocenters. The van der Waals surface area contributed by atoms with Crippen LogP contribution in [0.4, 0.5) is 0 Å². The molecule has 1 aromatic heterocycles. The lowest BCUT2D eigenvalue weighted by Gasteiger charge is -2.08. The summed E-state index contributed by atoms with van der Waals surface area (Å²) in [7, 11) is 1.92. The van der Waals surface area contributed by atoms with Crippen molar-refractivity contribution in [3.05, 3.63) is 11.8 Å². The number of nitrogens with one attached hydrogen (secondary N) is 1. The summed E-state index contributed by atoms with van der Waals surface area (Å²) >= 11 is 0. The molecule has 4 nitrogen and oxygen atoms in total. The summed E-state index contributed by atoms with van der Waals surface area (Å²) in [6.07, 6.45) is 5.49. The molecule has 0 saturated heterocycles. The third-order valence-electron chi connectivity index (χ3n) is 2.82. The molecule has 1 N–H and O–H groups in total. The summed E-state index contributed by atoms with van der Waals surface area (Å²) in [4.78, 5) is 0. The van der Waals surface area contributed by atoms with E-state index in [1.807, 2.05) is 7.05 Å². The van der Waals surface area contributed by atoms with Gasteiger partial charge in [-0.05, 0) is 19.9 Å². The minimum Gasteiger partial charge on any atom is -0.425 e. The first-order valence-electron chi connectivity index (χ1n) is 6.28. The molecule has 0 aromatic carbocycles. The molecule has 0 aliphatic rings. The maximum Gasteiger partial charge on any atom is 0.219 e. The normalized spacial score (nSPS) is 12.9. The van der Waals surface area contributed by atoms with Crippen LogP contribution in [0.15, 0.2) is 4.42 Å². The van der Waals surface area contributed by atoms with Crippen LogP contribution in [0.5, 0.6) is 0 Å². The minimum absolute atomic E-state index is 0.441. The predicted molar refractivity (Wildman–Crippen MR) is 64.5 cm³/mol. The Kier molecular flexibility index (Phi) is 6.08. The van der Waals surface area contributed by atoms with Gasteiger partial charge >= 0.3 is 0 Å². The van der Waals surface area contributed by atoms with Crippen molar-refractivity contribution in [1.82, 2.24) is 15.5 Å². The lowest BCUT2D eigenvalue weighted by molar-refractivity contribution is 0.391. The topological polar surface area (TPSA) is 51.0 Å². The van der Waals surface area contributed by atoms with Crippen LogP contribution in [-0.4, -0.2) is 23.8 Å². The third kappa shape index (κ3) is 3.93. The molecule has 1 heterocycles. The van der Waals surface area contributed by atoms with Crippen LogP contribution in [0.2, 0.25) is 0 Å². The molecule has 1 aromatic rings. The Morgan fingerprint density at radius 3 is 2.75 bits per heavy atom. The van der Waals surface area contributed by atoms with Crippen molar-refractivity contribution in [3.8, 4) is 0 Å². The summed E-state index contributed by atoms with van der Waals surface area (Å²) in [6, 6.07) is 0. The standard InChI is InChI=1S/C12H23N3O/c1-4-6-7-10(5-2)12-15-14-11(16-12)8-9-13-3/h10,13H,4-9H2,1-3H3. The highest BCUT2D eigenvalue weighted by atomic mass is 16.4. The van der Waals surface area contributed by atoms with Gasteiger partial charge in [0.15, 0.2) is 0 Å². The first-order chi connectivity index (χ1) is 7.81. The van der Waals surface area contributed by atoms with E-state index in [-0.39, 0.29) is 0 Å². The van der Waals surface area contributed by atoms with E-state index in [1.165, 1.54) is 12.8 Å². The van der Waals surface area contributed by atoms with Crippen LogP contribution in [0.25, 0.3) is 0 Å². The van der Waals surface area contributed by atoms with Gasteiger partial charge in [-0.3, -0.25) is 0 Å². The molecule has 1 rings (SSSR count). The molecule has 4 heteroatoms. The first-order valence-corrected chi connectivity index (χ1v) is 6.28. The molecule has 16 heavy (non-hydrogen) atoms. The highest BCUT2D eigenvalue weighted by Gasteiger charge is 2.16. The van der Waals surface area contributed by atoms with Crippen molar-refractivity contribution in [3.63, 3.8) is 0 Å². The average Bonchev–Trinajstić information content (AvgIpc) is 2.76. The second-order valence-corrected chi connectivity index (χ2v) is 4.13. The maximum absolute atomic E-state index is 5.67. The highest BCUT2D eigenvalue weighted by molar-refractivity contribution is 4.91. The Bertz CT molecular complexity index is 286. The van der Waals surface area contributed by atoms with E-state index in [0.29, 0.717) is 5.92 Å². The monoisotopic (exact) mass is 225 g/mol. The third-order valence-corrected chi connectivity index (χ3v) is 2.82. The number of nitrogens with zero attached hydrogens (tertiary/aromatic N) is 2. The van der Waals surface area contributed by atoms with E-state index >= 15 is 0 Å². The molecular formula is C12H23N3O. The van der Waals surface area contributed by atoms with Crippen molar-refractivity contribution < 1.29 is 4.42 Å². The first kappa shape index (κ1) is 13.2. The van der Waals surface area contributed by atoms with Gasteiger partial charge in [-0.2, -0.15) is 0 Å². The number of unbranched alkanes of at least 4 members (excludes halogenated alkanes) is 1. The zero-order valence-electron chi connectivity index (χ0n) is 10.6. The van der Waals surface area contributed by atoms with Crippen molar-refractivity contribution in [2.75, 3.05) is 13.6 Å².